The van der Waals surface area contributed by atoms with Gasteiger partial charge in [0.25, 0.3) is 0 Å². The summed E-state index contributed by atoms with van der Waals surface area (Å²) in [6, 6.07) is 5.97. The SMILES string of the molecule is NC(=NCc1ccc(C2CC2)cc1F)NC1CC1. The van der Waals surface area contributed by atoms with E-state index in [4.69, 9.17) is 5.73 Å². The zero-order valence-corrected chi connectivity index (χ0v) is 10.3. The molecule has 18 heavy (non-hydrogen) atoms. The number of benzene rings is 1. The van der Waals surface area contributed by atoms with Crippen molar-refractivity contribution in [2.75, 3.05) is 0 Å². The average molecular weight is 247 g/mol. The quantitative estimate of drug-likeness (QED) is 0.633. The molecule has 0 amide bonds. The number of hydrogen-bond acceptors (Lipinski definition) is 1. The molecule has 2 fully saturated rings. The van der Waals surface area contributed by atoms with Crippen LogP contribution in [0.1, 0.15) is 42.7 Å². The number of nitrogens with one attached hydrogen (secondary N) is 1. The highest BCUT2D eigenvalue weighted by Gasteiger charge is 2.24. The first kappa shape index (κ1) is 11.5. The number of nitrogens with two attached hydrogens (primary N) is 1. The van der Waals surface area contributed by atoms with E-state index in [-0.39, 0.29) is 5.82 Å². The first-order valence-electron chi connectivity index (χ1n) is 6.57. The molecule has 3 N–H and O–H groups in total. The predicted octanol–water partition coefficient (Wildman–Crippen LogP) is 2.27. The number of aliphatic imine (C=N–C) groups is 1. The predicted molar refractivity (Wildman–Crippen MR) is 69.9 cm³/mol. The van der Waals surface area contributed by atoms with Crippen LogP contribution in [0.5, 0.6) is 0 Å². The molecule has 0 radical (unpaired) electrons. The Morgan fingerprint density at radius 3 is 2.72 bits per heavy atom. The third-order valence-corrected chi connectivity index (χ3v) is 3.47. The summed E-state index contributed by atoms with van der Waals surface area (Å²) in [6.07, 6.45) is 4.69. The first-order chi connectivity index (χ1) is 8.72. The van der Waals surface area contributed by atoms with E-state index in [9.17, 15) is 4.39 Å². The van der Waals surface area contributed by atoms with Crippen molar-refractivity contribution in [1.82, 2.24) is 5.32 Å². The lowest BCUT2D eigenvalue weighted by Gasteiger charge is -2.05. The standard InChI is InChI=1S/C14H18FN3/c15-13-7-10(9-1-2-9)3-4-11(13)8-17-14(16)18-12-5-6-12/h3-4,7,9,12H,1-2,5-6,8H2,(H3,16,17,18). The number of nitrogens with zero attached hydrogens (tertiary/aromatic N) is 1. The van der Waals surface area contributed by atoms with Crippen molar-refractivity contribution >= 4 is 5.96 Å². The Morgan fingerprint density at radius 1 is 1.33 bits per heavy atom. The van der Waals surface area contributed by atoms with Gasteiger partial charge in [-0.05, 0) is 43.2 Å². The topological polar surface area (TPSA) is 50.4 Å². The summed E-state index contributed by atoms with van der Waals surface area (Å²) in [7, 11) is 0. The summed E-state index contributed by atoms with van der Waals surface area (Å²) in [5.41, 5.74) is 7.44. The van der Waals surface area contributed by atoms with Gasteiger partial charge in [0.05, 0.1) is 6.54 Å². The molecule has 3 rings (SSSR count). The molecule has 0 spiro atoms. The van der Waals surface area contributed by atoms with Gasteiger partial charge in [-0.3, -0.25) is 0 Å². The van der Waals surface area contributed by atoms with Crippen LogP contribution >= 0.6 is 0 Å². The maximum absolute atomic E-state index is 13.8. The van der Waals surface area contributed by atoms with Gasteiger partial charge in [0.2, 0.25) is 0 Å². The molecule has 2 aliphatic rings. The van der Waals surface area contributed by atoms with Crippen LogP contribution in [0.25, 0.3) is 0 Å². The van der Waals surface area contributed by atoms with E-state index in [1.165, 1.54) is 12.8 Å². The largest absolute Gasteiger partial charge is 0.370 e. The van der Waals surface area contributed by atoms with Gasteiger partial charge >= 0.3 is 0 Å². The fourth-order valence-corrected chi connectivity index (χ4v) is 2.02. The minimum atomic E-state index is -0.164. The lowest BCUT2D eigenvalue weighted by atomic mass is 10.1. The van der Waals surface area contributed by atoms with Crippen LogP contribution in [0.15, 0.2) is 23.2 Å². The third-order valence-electron chi connectivity index (χ3n) is 3.47. The summed E-state index contributed by atoms with van der Waals surface area (Å²) >= 11 is 0. The number of guanidine groups is 1. The van der Waals surface area contributed by atoms with Crippen molar-refractivity contribution in [2.45, 2.75) is 44.2 Å². The van der Waals surface area contributed by atoms with Crippen LogP contribution in [-0.4, -0.2) is 12.0 Å². The molecular weight excluding hydrogens is 229 g/mol. The number of rotatable bonds is 4. The Morgan fingerprint density at radius 2 is 2.11 bits per heavy atom. The minimum Gasteiger partial charge on any atom is -0.370 e. The van der Waals surface area contributed by atoms with Gasteiger partial charge in [0.15, 0.2) is 5.96 Å². The third kappa shape index (κ3) is 2.81. The highest BCUT2D eigenvalue weighted by Crippen LogP contribution is 2.40. The van der Waals surface area contributed by atoms with Gasteiger partial charge in [0.1, 0.15) is 5.82 Å². The molecule has 0 unspecified atom stereocenters. The van der Waals surface area contributed by atoms with E-state index >= 15 is 0 Å². The molecule has 0 heterocycles. The molecule has 1 aromatic carbocycles. The van der Waals surface area contributed by atoms with Crippen LogP contribution in [0.3, 0.4) is 0 Å². The van der Waals surface area contributed by atoms with E-state index < -0.39 is 0 Å². The van der Waals surface area contributed by atoms with E-state index in [2.05, 4.69) is 10.3 Å². The molecule has 96 valence electrons. The molecule has 2 saturated carbocycles. The fourth-order valence-electron chi connectivity index (χ4n) is 2.02. The normalized spacial score (nSPS) is 19.9. The molecular formula is C14H18FN3. The molecule has 0 saturated heterocycles. The van der Waals surface area contributed by atoms with Crippen molar-refractivity contribution in [1.29, 1.82) is 0 Å². The zero-order chi connectivity index (χ0) is 12.5. The number of hydrogen-bond donors (Lipinski definition) is 2. The minimum absolute atomic E-state index is 0.164. The fraction of sp³-hybridized carbons (Fsp3) is 0.500. The van der Waals surface area contributed by atoms with Crippen molar-refractivity contribution in [3.63, 3.8) is 0 Å². The summed E-state index contributed by atoms with van der Waals surface area (Å²) in [5, 5.41) is 3.09. The van der Waals surface area contributed by atoms with Gasteiger partial charge in [-0.25, -0.2) is 9.38 Å². The highest BCUT2D eigenvalue weighted by molar-refractivity contribution is 5.78. The molecule has 3 nitrogen and oxygen atoms in total. The van der Waals surface area contributed by atoms with E-state index in [1.807, 2.05) is 12.1 Å². The van der Waals surface area contributed by atoms with Crippen LogP contribution in [-0.2, 0) is 6.54 Å². The van der Waals surface area contributed by atoms with Crippen molar-refractivity contribution in [2.24, 2.45) is 10.7 Å². The summed E-state index contributed by atoms with van der Waals surface area (Å²) in [4.78, 5) is 4.17. The summed E-state index contributed by atoms with van der Waals surface area (Å²) in [5.74, 6) is 0.837. The van der Waals surface area contributed by atoms with Gasteiger partial charge in [-0.2, -0.15) is 0 Å². The second-order valence-corrected chi connectivity index (χ2v) is 5.25. The summed E-state index contributed by atoms with van der Waals surface area (Å²) in [6.45, 7) is 0.308. The van der Waals surface area contributed by atoms with E-state index in [0.717, 1.165) is 18.4 Å². The molecule has 4 heteroatoms. The molecule has 0 aliphatic heterocycles. The maximum Gasteiger partial charge on any atom is 0.189 e. The first-order valence-corrected chi connectivity index (χ1v) is 6.57. The van der Waals surface area contributed by atoms with E-state index in [0.29, 0.717) is 30.0 Å². The van der Waals surface area contributed by atoms with E-state index in [1.54, 1.807) is 6.07 Å². The van der Waals surface area contributed by atoms with Crippen LogP contribution < -0.4 is 11.1 Å². The van der Waals surface area contributed by atoms with Gasteiger partial charge in [0, 0.05) is 11.6 Å². The lowest BCUT2D eigenvalue weighted by Crippen LogP contribution is -2.33. The molecule has 0 bridgehead atoms. The van der Waals surface area contributed by atoms with Gasteiger partial charge in [-0.1, -0.05) is 12.1 Å². The molecule has 1 aromatic rings. The number of halogens is 1. The van der Waals surface area contributed by atoms with Crippen molar-refractivity contribution in [3.05, 3.63) is 35.1 Å². The highest BCUT2D eigenvalue weighted by atomic mass is 19.1. The Balaban J connectivity index is 1.64. The Bertz CT molecular complexity index is 476. The van der Waals surface area contributed by atoms with Crippen LogP contribution in [0.2, 0.25) is 0 Å². The molecule has 0 atom stereocenters. The Labute approximate surface area is 106 Å². The second-order valence-electron chi connectivity index (χ2n) is 5.25. The van der Waals surface area contributed by atoms with Crippen LogP contribution in [0, 0.1) is 5.82 Å². The van der Waals surface area contributed by atoms with Crippen molar-refractivity contribution < 1.29 is 4.39 Å². The van der Waals surface area contributed by atoms with Gasteiger partial charge < -0.3 is 11.1 Å². The van der Waals surface area contributed by atoms with Crippen molar-refractivity contribution in [3.8, 4) is 0 Å². The van der Waals surface area contributed by atoms with Gasteiger partial charge in [-0.15, -0.1) is 0 Å². The monoisotopic (exact) mass is 247 g/mol. The summed E-state index contributed by atoms with van der Waals surface area (Å²) < 4.78 is 13.8. The average Bonchev–Trinajstić information content (AvgIpc) is 3.20. The Hall–Kier alpha value is -1.58. The maximum atomic E-state index is 13.8. The zero-order valence-electron chi connectivity index (χ0n) is 10.3. The van der Waals surface area contributed by atoms with Crippen LogP contribution in [0.4, 0.5) is 4.39 Å². The second kappa shape index (κ2) is 4.59. The lowest BCUT2D eigenvalue weighted by molar-refractivity contribution is 0.608. The molecule has 0 aromatic heterocycles. The molecule has 2 aliphatic carbocycles. The smallest absolute Gasteiger partial charge is 0.189 e. The Kier molecular flexibility index (Phi) is 2.94.